The lowest BCUT2D eigenvalue weighted by atomic mass is 9.88. The zero-order valence-corrected chi connectivity index (χ0v) is 9.19. The van der Waals surface area contributed by atoms with Crippen molar-refractivity contribution in [2.75, 3.05) is 26.4 Å². The van der Waals surface area contributed by atoms with Crippen molar-refractivity contribution in [3.63, 3.8) is 0 Å². The van der Waals surface area contributed by atoms with E-state index in [4.69, 9.17) is 20.3 Å². The minimum Gasteiger partial charge on any atom is -0.493 e. The van der Waals surface area contributed by atoms with Crippen LogP contribution in [-0.2, 0) is 10.3 Å². The molecule has 4 heteroatoms. The molecular weight excluding hydrogens is 206 g/mol. The largest absolute Gasteiger partial charge is 0.493 e. The maximum atomic E-state index is 8.86. The monoisotopic (exact) mass is 223 g/mol. The molecule has 1 aromatic carbocycles. The van der Waals surface area contributed by atoms with E-state index in [1.807, 2.05) is 24.3 Å². The number of fused-ring (bicyclic) bond motifs is 1. The molecule has 1 aromatic rings. The Labute approximate surface area is 95.0 Å². The lowest BCUT2D eigenvalue weighted by molar-refractivity contribution is -0.0783. The second-order valence-corrected chi connectivity index (χ2v) is 3.87. The van der Waals surface area contributed by atoms with E-state index in [2.05, 4.69) is 0 Å². The fourth-order valence-corrected chi connectivity index (χ4v) is 2.09. The molecule has 0 saturated carbocycles. The number of ether oxygens (including phenoxy) is 2. The molecule has 0 bridgehead atoms. The van der Waals surface area contributed by atoms with Crippen LogP contribution in [0, 0.1) is 0 Å². The number of hydrogen-bond acceptors (Lipinski definition) is 4. The first kappa shape index (κ1) is 11.4. The molecule has 1 unspecified atom stereocenters. The Bertz CT molecular complexity index is 356. The second kappa shape index (κ2) is 4.82. The normalized spacial score (nSPS) is 23.6. The highest BCUT2D eigenvalue weighted by Gasteiger charge is 2.37. The van der Waals surface area contributed by atoms with E-state index in [1.54, 1.807) is 0 Å². The number of para-hydroxylation sites is 1. The van der Waals surface area contributed by atoms with Gasteiger partial charge in [-0.05, 0) is 6.07 Å². The molecule has 0 amide bonds. The van der Waals surface area contributed by atoms with Crippen molar-refractivity contribution in [2.45, 2.75) is 12.0 Å². The number of hydrogen-bond donors (Lipinski definition) is 2. The summed E-state index contributed by atoms with van der Waals surface area (Å²) in [7, 11) is 0. The Balaban J connectivity index is 2.33. The topological polar surface area (TPSA) is 64.7 Å². The van der Waals surface area contributed by atoms with Gasteiger partial charge in [-0.15, -0.1) is 0 Å². The van der Waals surface area contributed by atoms with Crippen LogP contribution in [-0.4, -0.2) is 31.5 Å². The van der Waals surface area contributed by atoms with Gasteiger partial charge >= 0.3 is 0 Å². The van der Waals surface area contributed by atoms with Crippen LogP contribution in [0.15, 0.2) is 24.3 Å². The number of rotatable bonds is 4. The number of aliphatic hydroxyl groups is 1. The van der Waals surface area contributed by atoms with Gasteiger partial charge in [-0.1, -0.05) is 18.2 Å². The van der Waals surface area contributed by atoms with Crippen LogP contribution in [0.2, 0.25) is 0 Å². The summed E-state index contributed by atoms with van der Waals surface area (Å²) in [5.74, 6) is 0.831. The van der Waals surface area contributed by atoms with Crippen molar-refractivity contribution in [1.82, 2.24) is 0 Å². The van der Waals surface area contributed by atoms with Gasteiger partial charge in [0.25, 0.3) is 0 Å². The zero-order chi connectivity index (χ0) is 11.4. The average molecular weight is 223 g/mol. The third-order valence-electron chi connectivity index (χ3n) is 2.94. The van der Waals surface area contributed by atoms with Gasteiger partial charge in [-0.2, -0.15) is 0 Å². The smallest absolute Gasteiger partial charge is 0.125 e. The molecule has 0 fully saturated rings. The van der Waals surface area contributed by atoms with E-state index in [0.717, 1.165) is 17.7 Å². The predicted octanol–water partition coefficient (Wildman–Crippen LogP) is 0.632. The van der Waals surface area contributed by atoms with E-state index in [9.17, 15) is 0 Å². The molecular formula is C12H17NO3. The fraction of sp³-hybridized carbons (Fsp3) is 0.500. The summed E-state index contributed by atoms with van der Waals surface area (Å²) in [4.78, 5) is 0. The first-order valence-corrected chi connectivity index (χ1v) is 5.49. The van der Waals surface area contributed by atoms with Crippen LogP contribution < -0.4 is 10.5 Å². The quantitative estimate of drug-likeness (QED) is 0.786. The highest BCUT2D eigenvalue weighted by molar-refractivity contribution is 5.40. The molecule has 1 heterocycles. The van der Waals surface area contributed by atoms with Crippen molar-refractivity contribution in [3.05, 3.63) is 29.8 Å². The summed E-state index contributed by atoms with van der Waals surface area (Å²) < 4.78 is 11.3. The number of aliphatic hydroxyl groups excluding tert-OH is 1. The molecule has 88 valence electrons. The van der Waals surface area contributed by atoms with E-state index >= 15 is 0 Å². The summed E-state index contributed by atoms with van der Waals surface area (Å²) in [6, 6.07) is 7.76. The molecule has 4 nitrogen and oxygen atoms in total. The number of nitrogens with two attached hydrogens (primary N) is 1. The SMILES string of the molecule is NCC1(OCCO)CCOc2ccccc21. The van der Waals surface area contributed by atoms with E-state index in [-0.39, 0.29) is 6.61 Å². The van der Waals surface area contributed by atoms with Crippen molar-refractivity contribution in [3.8, 4) is 5.75 Å². The van der Waals surface area contributed by atoms with Gasteiger partial charge in [0.05, 0.1) is 19.8 Å². The molecule has 0 aromatic heterocycles. The maximum absolute atomic E-state index is 8.86. The van der Waals surface area contributed by atoms with Gasteiger partial charge in [0, 0.05) is 18.5 Å². The Morgan fingerprint density at radius 3 is 3.00 bits per heavy atom. The van der Waals surface area contributed by atoms with E-state index in [1.165, 1.54) is 0 Å². The lowest BCUT2D eigenvalue weighted by Crippen LogP contribution is -2.42. The van der Waals surface area contributed by atoms with Crippen LogP contribution in [0.1, 0.15) is 12.0 Å². The van der Waals surface area contributed by atoms with Crippen LogP contribution in [0.4, 0.5) is 0 Å². The van der Waals surface area contributed by atoms with Crippen LogP contribution in [0.3, 0.4) is 0 Å². The summed E-state index contributed by atoms with van der Waals surface area (Å²) in [5.41, 5.74) is 6.31. The van der Waals surface area contributed by atoms with E-state index in [0.29, 0.717) is 19.8 Å². The minimum absolute atomic E-state index is 0.00474. The Morgan fingerprint density at radius 1 is 1.44 bits per heavy atom. The molecule has 0 saturated heterocycles. The summed E-state index contributed by atoms with van der Waals surface area (Å²) in [6.45, 7) is 1.29. The highest BCUT2D eigenvalue weighted by Crippen LogP contribution is 2.38. The number of benzene rings is 1. The van der Waals surface area contributed by atoms with Gasteiger partial charge in [0.2, 0.25) is 0 Å². The summed E-state index contributed by atoms with van der Waals surface area (Å²) in [6.07, 6.45) is 0.723. The van der Waals surface area contributed by atoms with Crippen LogP contribution >= 0.6 is 0 Å². The third-order valence-corrected chi connectivity index (χ3v) is 2.94. The van der Waals surface area contributed by atoms with Crippen LogP contribution in [0.5, 0.6) is 5.75 Å². The standard InChI is InChI=1S/C12H17NO3/c13-9-12(16-8-6-14)5-7-15-11-4-2-1-3-10(11)12/h1-4,14H,5-9,13H2. The van der Waals surface area contributed by atoms with Gasteiger partial charge in [0.1, 0.15) is 11.4 Å². The highest BCUT2D eigenvalue weighted by atomic mass is 16.5. The van der Waals surface area contributed by atoms with Crippen molar-refractivity contribution < 1.29 is 14.6 Å². The third kappa shape index (κ3) is 1.91. The molecule has 1 aliphatic rings. The molecule has 1 aliphatic heterocycles. The summed E-state index contributed by atoms with van der Waals surface area (Å²) >= 11 is 0. The Morgan fingerprint density at radius 2 is 2.25 bits per heavy atom. The Kier molecular flexibility index (Phi) is 3.43. The van der Waals surface area contributed by atoms with Crippen LogP contribution in [0.25, 0.3) is 0 Å². The van der Waals surface area contributed by atoms with Crippen molar-refractivity contribution in [1.29, 1.82) is 0 Å². The molecule has 16 heavy (non-hydrogen) atoms. The molecule has 0 radical (unpaired) electrons. The molecule has 1 atom stereocenters. The minimum atomic E-state index is -0.502. The van der Waals surface area contributed by atoms with Crippen molar-refractivity contribution in [2.24, 2.45) is 5.73 Å². The van der Waals surface area contributed by atoms with Crippen molar-refractivity contribution >= 4 is 0 Å². The van der Waals surface area contributed by atoms with Gasteiger partial charge < -0.3 is 20.3 Å². The first-order valence-electron chi connectivity index (χ1n) is 5.49. The Hall–Kier alpha value is -1.10. The van der Waals surface area contributed by atoms with Gasteiger partial charge in [-0.3, -0.25) is 0 Å². The first-order chi connectivity index (χ1) is 7.82. The lowest BCUT2D eigenvalue weighted by Gasteiger charge is -2.37. The summed E-state index contributed by atoms with van der Waals surface area (Å²) in [5, 5.41) is 8.86. The molecule has 0 spiro atoms. The molecule has 0 aliphatic carbocycles. The molecule has 3 N–H and O–H groups in total. The van der Waals surface area contributed by atoms with E-state index < -0.39 is 5.60 Å². The fourth-order valence-electron chi connectivity index (χ4n) is 2.09. The molecule has 2 rings (SSSR count). The van der Waals surface area contributed by atoms with Gasteiger partial charge in [0.15, 0.2) is 0 Å². The average Bonchev–Trinajstić information content (AvgIpc) is 2.36. The maximum Gasteiger partial charge on any atom is 0.125 e. The van der Waals surface area contributed by atoms with Gasteiger partial charge in [-0.25, -0.2) is 0 Å². The second-order valence-electron chi connectivity index (χ2n) is 3.87. The predicted molar refractivity (Wildman–Crippen MR) is 60.3 cm³/mol. The zero-order valence-electron chi connectivity index (χ0n) is 9.19.